The van der Waals surface area contributed by atoms with E-state index in [-0.39, 0.29) is 18.4 Å². The molecule has 0 radical (unpaired) electrons. The van der Waals surface area contributed by atoms with Gasteiger partial charge in [-0.2, -0.15) is 10.5 Å². The van der Waals surface area contributed by atoms with Crippen LogP contribution in [0.3, 0.4) is 0 Å². The minimum atomic E-state index is -0.219. The molecule has 9 heteroatoms. The predicted octanol–water partition coefficient (Wildman–Crippen LogP) is 4.50. The third-order valence-electron chi connectivity index (χ3n) is 7.50. The number of pyridine rings is 1. The molecule has 6 rings (SSSR count). The molecule has 4 heterocycles. The van der Waals surface area contributed by atoms with Crippen molar-refractivity contribution in [3.05, 3.63) is 66.4 Å². The third-order valence-corrected chi connectivity index (χ3v) is 7.50. The number of likely N-dealkylation sites (tertiary alicyclic amines) is 1. The van der Waals surface area contributed by atoms with Crippen molar-refractivity contribution in [1.29, 1.82) is 10.5 Å². The molecule has 200 valence electrons. The van der Waals surface area contributed by atoms with Crippen LogP contribution in [0, 0.1) is 22.7 Å². The van der Waals surface area contributed by atoms with E-state index in [1.807, 2.05) is 18.2 Å². The molecule has 0 unspecified atom stereocenters. The quantitative estimate of drug-likeness (QED) is 0.388. The van der Waals surface area contributed by atoms with Crippen molar-refractivity contribution >= 4 is 22.5 Å². The van der Waals surface area contributed by atoms with Crippen molar-refractivity contribution in [2.45, 2.75) is 18.9 Å². The maximum absolute atomic E-state index is 12.0. The van der Waals surface area contributed by atoms with Gasteiger partial charge in [0.25, 0.3) is 0 Å². The highest BCUT2D eigenvalue weighted by Gasteiger charge is 2.28. The Morgan fingerprint density at radius 1 is 1.05 bits per heavy atom. The fourth-order valence-corrected chi connectivity index (χ4v) is 5.39. The van der Waals surface area contributed by atoms with E-state index in [4.69, 9.17) is 14.7 Å². The maximum Gasteiger partial charge on any atom is 0.236 e. The fraction of sp³-hybridized carbons (Fsp3) is 0.290. The van der Waals surface area contributed by atoms with Crippen LogP contribution in [0.4, 0.5) is 5.69 Å². The van der Waals surface area contributed by atoms with E-state index >= 15 is 0 Å². The van der Waals surface area contributed by atoms with E-state index in [9.17, 15) is 10.1 Å². The SMILES string of the molecule is N#CCC(=O)N1CC[C@@H](Oc2ccc(-c3nccc4[nH]c(-c5ccc(N6CCOCC6)cc5)cc34)cc2C#N)C1. The number of hydrogen-bond acceptors (Lipinski definition) is 7. The van der Waals surface area contributed by atoms with Gasteiger partial charge in [0.15, 0.2) is 0 Å². The topological polar surface area (TPSA) is 118 Å². The average Bonchev–Trinajstić information content (AvgIpc) is 3.66. The lowest BCUT2D eigenvalue weighted by molar-refractivity contribution is -0.129. The van der Waals surface area contributed by atoms with Crippen molar-refractivity contribution in [2.75, 3.05) is 44.3 Å². The van der Waals surface area contributed by atoms with Gasteiger partial charge in [0.1, 0.15) is 24.3 Å². The van der Waals surface area contributed by atoms with Crippen LogP contribution in [0.5, 0.6) is 5.75 Å². The average molecular weight is 533 g/mol. The van der Waals surface area contributed by atoms with Crippen molar-refractivity contribution in [2.24, 2.45) is 0 Å². The first-order valence-corrected chi connectivity index (χ1v) is 13.4. The van der Waals surface area contributed by atoms with E-state index in [0.717, 1.165) is 59.7 Å². The van der Waals surface area contributed by atoms with Gasteiger partial charge in [0, 0.05) is 60.1 Å². The predicted molar refractivity (Wildman–Crippen MR) is 151 cm³/mol. The minimum Gasteiger partial charge on any atom is -0.487 e. The molecule has 1 N–H and O–H groups in total. The number of benzene rings is 2. The number of fused-ring (bicyclic) bond motifs is 1. The standard InChI is InChI=1S/C31H28N6O3/c32-10-7-30(38)37-12-9-25(20-37)40-29-6-3-22(17-23(29)19-33)31-26-18-28(35-27(26)8-11-34-31)21-1-4-24(5-2-21)36-13-15-39-16-14-36/h1-6,8,11,17-18,25,35H,7,9,12-16,20H2/t25-/m1/s1. The number of carbonyl (C=O) groups excluding carboxylic acids is 1. The minimum absolute atomic E-state index is 0.135. The number of nitrogens with zero attached hydrogens (tertiary/aromatic N) is 5. The summed E-state index contributed by atoms with van der Waals surface area (Å²) in [6.45, 7) is 4.26. The zero-order valence-corrected chi connectivity index (χ0v) is 22.0. The van der Waals surface area contributed by atoms with Crippen molar-refractivity contribution in [3.63, 3.8) is 0 Å². The summed E-state index contributed by atoms with van der Waals surface area (Å²) in [6.07, 6.45) is 2.07. The van der Waals surface area contributed by atoms with E-state index in [0.29, 0.717) is 30.8 Å². The molecule has 2 saturated heterocycles. The zero-order chi connectivity index (χ0) is 27.5. The summed E-state index contributed by atoms with van der Waals surface area (Å²) in [6, 6.07) is 22.2. The number of aromatic nitrogens is 2. The first kappa shape index (κ1) is 25.4. The van der Waals surface area contributed by atoms with E-state index in [1.165, 1.54) is 5.69 Å². The molecule has 1 amide bonds. The smallest absolute Gasteiger partial charge is 0.236 e. The van der Waals surface area contributed by atoms with Crippen LogP contribution in [0.2, 0.25) is 0 Å². The second-order valence-electron chi connectivity index (χ2n) is 9.98. The number of hydrogen-bond donors (Lipinski definition) is 1. The summed E-state index contributed by atoms with van der Waals surface area (Å²) in [4.78, 5) is 24.2. The molecule has 0 bridgehead atoms. The number of carbonyl (C=O) groups is 1. The molecule has 40 heavy (non-hydrogen) atoms. The maximum atomic E-state index is 12.0. The van der Waals surface area contributed by atoms with Gasteiger partial charge in [-0.3, -0.25) is 9.78 Å². The van der Waals surface area contributed by atoms with Crippen LogP contribution >= 0.6 is 0 Å². The molecule has 0 saturated carbocycles. The molecule has 9 nitrogen and oxygen atoms in total. The van der Waals surface area contributed by atoms with Crippen molar-refractivity contribution in [1.82, 2.24) is 14.9 Å². The van der Waals surface area contributed by atoms with Gasteiger partial charge in [-0.1, -0.05) is 12.1 Å². The largest absolute Gasteiger partial charge is 0.487 e. The van der Waals surface area contributed by atoms with Crippen molar-refractivity contribution in [3.8, 4) is 40.4 Å². The lowest BCUT2D eigenvalue weighted by Gasteiger charge is -2.28. The zero-order valence-electron chi connectivity index (χ0n) is 22.0. The Morgan fingerprint density at radius 2 is 1.85 bits per heavy atom. The van der Waals surface area contributed by atoms with E-state index < -0.39 is 0 Å². The molecule has 1 atom stereocenters. The summed E-state index contributed by atoms with van der Waals surface area (Å²) in [5, 5.41) is 19.6. The van der Waals surface area contributed by atoms with Gasteiger partial charge in [-0.15, -0.1) is 0 Å². The monoisotopic (exact) mass is 532 g/mol. The molecule has 2 aliphatic rings. The van der Waals surface area contributed by atoms with Gasteiger partial charge in [0.05, 0.1) is 37.1 Å². The second kappa shape index (κ2) is 11.1. The first-order chi connectivity index (χ1) is 19.6. The number of morpholine rings is 1. The molecular weight excluding hydrogens is 504 g/mol. The third kappa shape index (κ3) is 5.07. The number of ether oxygens (including phenoxy) is 2. The number of amides is 1. The number of rotatable bonds is 6. The molecular formula is C31H28N6O3. The number of nitriles is 2. The number of anilines is 1. The molecule has 2 fully saturated rings. The van der Waals surface area contributed by atoms with Crippen LogP contribution in [-0.2, 0) is 9.53 Å². The van der Waals surface area contributed by atoms with Gasteiger partial charge < -0.3 is 24.3 Å². The Labute approximate surface area is 232 Å². The fourth-order valence-electron chi connectivity index (χ4n) is 5.39. The molecule has 4 aromatic rings. The Hall–Kier alpha value is -4.86. The van der Waals surface area contributed by atoms with Crippen LogP contribution < -0.4 is 9.64 Å². The first-order valence-electron chi connectivity index (χ1n) is 13.4. The van der Waals surface area contributed by atoms with E-state index in [1.54, 1.807) is 23.2 Å². The second-order valence-corrected chi connectivity index (χ2v) is 9.98. The highest BCUT2D eigenvalue weighted by atomic mass is 16.5. The Morgan fingerprint density at radius 3 is 2.62 bits per heavy atom. The molecule has 2 aromatic carbocycles. The van der Waals surface area contributed by atoms with Crippen LogP contribution in [-0.4, -0.2) is 66.3 Å². The molecule has 2 aromatic heterocycles. The summed E-state index contributed by atoms with van der Waals surface area (Å²) in [7, 11) is 0. The van der Waals surface area contributed by atoms with Crippen LogP contribution in [0.15, 0.2) is 60.8 Å². The Bertz CT molecular complexity index is 1630. The lowest BCUT2D eigenvalue weighted by atomic mass is 10.0. The highest BCUT2D eigenvalue weighted by Crippen LogP contribution is 2.34. The highest BCUT2D eigenvalue weighted by molar-refractivity contribution is 5.96. The molecule has 0 aliphatic carbocycles. The molecule has 0 spiro atoms. The van der Waals surface area contributed by atoms with Gasteiger partial charge in [-0.25, -0.2) is 0 Å². The number of nitrogens with one attached hydrogen (secondary N) is 1. The van der Waals surface area contributed by atoms with Gasteiger partial charge in [0.2, 0.25) is 5.91 Å². The van der Waals surface area contributed by atoms with E-state index in [2.05, 4.69) is 51.3 Å². The Balaban J connectivity index is 1.23. The van der Waals surface area contributed by atoms with Crippen LogP contribution in [0.25, 0.3) is 33.4 Å². The summed E-state index contributed by atoms with van der Waals surface area (Å²) in [5.74, 6) is 0.288. The van der Waals surface area contributed by atoms with Gasteiger partial charge >= 0.3 is 0 Å². The summed E-state index contributed by atoms with van der Waals surface area (Å²) < 4.78 is 11.6. The van der Waals surface area contributed by atoms with Gasteiger partial charge in [-0.05, 0) is 48.0 Å². The normalized spacial score (nSPS) is 17.0. The lowest BCUT2D eigenvalue weighted by Crippen LogP contribution is -2.36. The summed E-state index contributed by atoms with van der Waals surface area (Å²) in [5.41, 5.74) is 6.24. The summed E-state index contributed by atoms with van der Waals surface area (Å²) >= 11 is 0. The van der Waals surface area contributed by atoms with Crippen LogP contribution in [0.1, 0.15) is 18.4 Å². The van der Waals surface area contributed by atoms with Crippen molar-refractivity contribution < 1.29 is 14.3 Å². The number of aromatic amines is 1. The number of H-pyrrole nitrogens is 1. The molecule has 2 aliphatic heterocycles. The Kier molecular flexibility index (Phi) is 7.05.